The van der Waals surface area contributed by atoms with Gasteiger partial charge in [-0.1, -0.05) is 13.3 Å². The number of nitrogens with two attached hydrogens (primary N) is 1. The zero-order valence-corrected chi connectivity index (χ0v) is 11.5. The van der Waals surface area contributed by atoms with Gasteiger partial charge < -0.3 is 10.5 Å². The first-order valence-corrected chi connectivity index (χ1v) is 8.39. The normalized spacial score (nSPS) is 24.9. The number of ether oxygens (including phenoxy) is 1. The van der Waals surface area contributed by atoms with Crippen molar-refractivity contribution in [3.63, 3.8) is 0 Å². The lowest BCUT2D eigenvalue weighted by molar-refractivity contribution is 0.111. The van der Waals surface area contributed by atoms with Crippen molar-refractivity contribution in [2.24, 2.45) is 17.6 Å². The maximum absolute atomic E-state index is 11.4. The van der Waals surface area contributed by atoms with Gasteiger partial charge in [-0.3, -0.25) is 0 Å². The Balaban J connectivity index is 2.24. The second-order valence-corrected chi connectivity index (χ2v) is 7.14. The average molecular weight is 263 g/mol. The Morgan fingerprint density at radius 2 is 2.18 bits per heavy atom. The maximum Gasteiger partial charge on any atom is 0.150 e. The molecule has 1 saturated heterocycles. The Morgan fingerprint density at radius 1 is 1.41 bits per heavy atom. The van der Waals surface area contributed by atoms with Gasteiger partial charge in [0.05, 0.1) is 11.5 Å². The van der Waals surface area contributed by atoms with Crippen molar-refractivity contribution in [2.45, 2.75) is 32.6 Å². The second-order valence-electron chi connectivity index (χ2n) is 4.91. The summed E-state index contributed by atoms with van der Waals surface area (Å²) in [6.07, 6.45) is 3.89. The van der Waals surface area contributed by atoms with Gasteiger partial charge >= 0.3 is 0 Å². The molecule has 0 spiro atoms. The molecule has 0 radical (unpaired) electrons. The van der Waals surface area contributed by atoms with E-state index in [0.717, 1.165) is 32.3 Å². The molecule has 1 aliphatic heterocycles. The first kappa shape index (κ1) is 14.9. The van der Waals surface area contributed by atoms with Crippen LogP contribution in [-0.4, -0.2) is 39.7 Å². The number of sulfone groups is 1. The maximum atomic E-state index is 11.4. The molecule has 0 saturated carbocycles. The van der Waals surface area contributed by atoms with Gasteiger partial charge in [-0.15, -0.1) is 0 Å². The largest absolute Gasteiger partial charge is 0.381 e. The van der Waals surface area contributed by atoms with E-state index in [1.807, 2.05) is 0 Å². The fourth-order valence-corrected chi connectivity index (χ4v) is 4.24. The summed E-state index contributed by atoms with van der Waals surface area (Å²) in [6.45, 7) is 4.21. The van der Waals surface area contributed by atoms with Gasteiger partial charge in [-0.2, -0.15) is 0 Å². The zero-order chi connectivity index (χ0) is 12.7. The zero-order valence-electron chi connectivity index (χ0n) is 10.7. The minimum absolute atomic E-state index is 0.250. The summed E-state index contributed by atoms with van der Waals surface area (Å²) in [5, 5.41) is 0. The smallest absolute Gasteiger partial charge is 0.150 e. The summed E-state index contributed by atoms with van der Waals surface area (Å²) in [5.74, 6) is 1.21. The van der Waals surface area contributed by atoms with Gasteiger partial charge in [0.2, 0.25) is 0 Å². The molecule has 1 aliphatic rings. The third-order valence-corrected chi connectivity index (χ3v) is 5.31. The van der Waals surface area contributed by atoms with Crippen molar-refractivity contribution in [3.05, 3.63) is 0 Å². The summed E-state index contributed by atoms with van der Waals surface area (Å²) in [7, 11) is -2.79. The summed E-state index contributed by atoms with van der Waals surface area (Å²) in [4.78, 5) is 0. The Bertz CT molecular complexity index is 303. The lowest BCUT2D eigenvalue weighted by Crippen LogP contribution is -2.26. The molecule has 0 aliphatic carbocycles. The molecule has 0 aromatic heterocycles. The fourth-order valence-electron chi connectivity index (χ4n) is 2.32. The molecule has 2 atom stereocenters. The highest BCUT2D eigenvalue weighted by Crippen LogP contribution is 2.27. The van der Waals surface area contributed by atoms with Crippen LogP contribution in [0.1, 0.15) is 32.6 Å². The highest BCUT2D eigenvalue weighted by molar-refractivity contribution is 7.91. The summed E-state index contributed by atoms with van der Waals surface area (Å²) in [5.41, 5.74) is 5.73. The molecule has 2 N–H and O–H groups in total. The minimum Gasteiger partial charge on any atom is -0.381 e. The van der Waals surface area contributed by atoms with Crippen LogP contribution in [0.3, 0.4) is 0 Å². The van der Waals surface area contributed by atoms with Crippen LogP contribution < -0.4 is 5.73 Å². The van der Waals surface area contributed by atoms with Gasteiger partial charge in [0, 0.05) is 13.2 Å². The van der Waals surface area contributed by atoms with E-state index in [4.69, 9.17) is 10.5 Å². The first-order valence-electron chi connectivity index (χ1n) is 6.57. The minimum atomic E-state index is -2.79. The molecule has 17 heavy (non-hydrogen) atoms. The molecule has 1 rings (SSSR count). The van der Waals surface area contributed by atoms with Crippen LogP contribution in [0.25, 0.3) is 0 Å². The van der Waals surface area contributed by atoms with Crippen molar-refractivity contribution in [1.29, 1.82) is 0 Å². The van der Waals surface area contributed by atoms with Gasteiger partial charge in [0.1, 0.15) is 0 Å². The lowest BCUT2D eigenvalue weighted by Gasteiger charge is -2.20. The molecule has 5 heteroatoms. The van der Waals surface area contributed by atoms with E-state index in [2.05, 4.69) is 6.92 Å². The van der Waals surface area contributed by atoms with E-state index in [9.17, 15) is 8.42 Å². The van der Waals surface area contributed by atoms with Crippen molar-refractivity contribution in [3.8, 4) is 0 Å². The van der Waals surface area contributed by atoms with E-state index >= 15 is 0 Å². The number of rotatable bonds is 8. The van der Waals surface area contributed by atoms with E-state index in [1.165, 1.54) is 0 Å². The van der Waals surface area contributed by atoms with E-state index in [0.29, 0.717) is 30.6 Å². The summed E-state index contributed by atoms with van der Waals surface area (Å²) in [6, 6.07) is 0. The first-order chi connectivity index (χ1) is 8.09. The standard InChI is InChI=1S/C12H25NO3S/c1-2-3-6-16-7-4-11(9-13)12-5-8-17(14,15)10-12/h11-12H,2-10,13H2,1H3. The predicted molar refractivity (Wildman–Crippen MR) is 69.6 cm³/mol. The van der Waals surface area contributed by atoms with Crippen molar-refractivity contribution in [2.75, 3.05) is 31.3 Å². The number of hydrogen-bond acceptors (Lipinski definition) is 4. The third kappa shape index (κ3) is 5.36. The lowest BCUT2D eigenvalue weighted by atomic mass is 9.89. The molecule has 1 fully saturated rings. The van der Waals surface area contributed by atoms with Gasteiger partial charge in [-0.05, 0) is 37.6 Å². The fraction of sp³-hybridized carbons (Fsp3) is 1.00. The average Bonchev–Trinajstić information content (AvgIpc) is 2.64. The van der Waals surface area contributed by atoms with E-state index < -0.39 is 9.84 Å². The van der Waals surface area contributed by atoms with Crippen molar-refractivity contribution >= 4 is 9.84 Å². The van der Waals surface area contributed by atoms with Crippen LogP contribution in [-0.2, 0) is 14.6 Å². The van der Waals surface area contributed by atoms with Gasteiger partial charge in [0.25, 0.3) is 0 Å². The third-order valence-electron chi connectivity index (χ3n) is 3.51. The Hall–Kier alpha value is -0.130. The van der Waals surface area contributed by atoms with Crippen LogP contribution >= 0.6 is 0 Å². The number of hydrogen-bond donors (Lipinski definition) is 1. The molecule has 0 amide bonds. The quantitative estimate of drug-likeness (QED) is 0.668. The molecule has 0 bridgehead atoms. The molecule has 1 heterocycles. The van der Waals surface area contributed by atoms with Crippen molar-refractivity contribution < 1.29 is 13.2 Å². The molecule has 102 valence electrons. The molecule has 4 nitrogen and oxygen atoms in total. The Kier molecular flexibility index (Phi) is 6.44. The number of unbranched alkanes of at least 4 members (excludes halogenated alkanes) is 1. The predicted octanol–water partition coefficient (Wildman–Crippen LogP) is 1.20. The SMILES string of the molecule is CCCCOCCC(CN)C1CCS(=O)(=O)C1. The molecular weight excluding hydrogens is 238 g/mol. The monoisotopic (exact) mass is 263 g/mol. The summed E-state index contributed by atoms with van der Waals surface area (Å²) >= 11 is 0. The van der Waals surface area contributed by atoms with E-state index in [1.54, 1.807) is 0 Å². The van der Waals surface area contributed by atoms with Crippen molar-refractivity contribution in [1.82, 2.24) is 0 Å². The molecule has 0 aromatic rings. The van der Waals surface area contributed by atoms with Crippen LogP contribution in [0.15, 0.2) is 0 Å². The van der Waals surface area contributed by atoms with Gasteiger partial charge in [0.15, 0.2) is 9.84 Å². The second kappa shape index (κ2) is 7.34. The molecular formula is C12H25NO3S. The van der Waals surface area contributed by atoms with E-state index in [-0.39, 0.29) is 5.92 Å². The summed E-state index contributed by atoms with van der Waals surface area (Å²) < 4.78 is 28.3. The molecule has 2 unspecified atom stereocenters. The van der Waals surface area contributed by atoms with Crippen LogP contribution in [0.5, 0.6) is 0 Å². The topological polar surface area (TPSA) is 69.4 Å². The van der Waals surface area contributed by atoms with Crippen LogP contribution in [0, 0.1) is 11.8 Å². The van der Waals surface area contributed by atoms with Gasteiger partial charge in [-0.25, -0.2) is 8.42 Å². The highest BCUT2D eigenvalue weighted by Gasteiger charge is 2.32. The Labute approximate surface area is 105 Å². The molecule has 0 aromatic carbocycles. The van der Waals surface area contributed by atoms with Crippen LogP contribution in [0.2, 0.25) is 0 Å². The Morgan fingerprint density at radius 3 is 2.71 bits per heavy atom. The van der Waals surface area contributed by atoms with Crippen LogP contribution in [0.4, 0.5) is 0 Å². The highest BCUT2D eigenvalue weighted by atomic mass is 32.2.